The first-order chi connectivity index (χ1) is 14.5. The molecular weight excluding hydrogens is 398 g/mol. The average Bonchev–Trinajstić information content (AvgIpc) is 2.98. The summed E-state index contributed by atoms with van der Waals surface area (Å²) in [4.78, 5) is 12.6. The van der Waals surface area contributed by atoms with Crippen molar-refractivity contribution in [2.75, 3.05) is 25.3 Å². The smallest absolute Gasteiger partial charge is 0.235 e. The minimum atomic E-state index is -0.118. The van der Waals surface area contributed by atoms with E-state index >= 15 is 0 Å². The summed E-state index contributed by atoms with van der Waals surface area (Å²) in [6.07, 6.45) is 0.974. The fourth-order valence-corrected chi connectivity index (χ4v) is 4.94. The van der Waals surface area contributed by atoms with Gasteiger partial charge in [0.05, 0.1) is 36.6 Å². The van der Waals surface area contributed by atoms with Crippen molar-refractivity contribution in [1.29, 1.82) is 0 Å². The summed E-state index contributed by atoms with van der Waals surface area (Å²) in [5, 5.41) is 7.74. The molecule has 30 heavy (non-hydrogen) atoms. The van der Waals surface area contributed by atoms with E-state index in [0.717, 1.165) is 40.4 Å². The Hall–Kier alpha value is -2.93. The third kappa shape index (κ3) is 3.65. The van der Waals surface area contributed by atoms with Gasteiger partial charge in [-0.2, -0.15) is 5.10 Å². The summed E-state index contributed by atoms with van der Waals surface area (Å²) in [5.74, 6) is 2.51. The Balaban J connectivity index is 1.88. The van der Waals surface area contributed by atoms with E-state index in [9.17, 15) is 4.79 Å². The molecule has 4 rings (SSSR count). The van der Waals surface area contributed by atoms with Crippen molar-refractivity contribution in [2.24, 2.45) is 0 Å². The molecule has 1 N–H and O–H groups in total. The Morgan fingerprint density at radius 2 is 1.93 bits per heavy atom. The number of carbonyl (C=O) groups is 1. The number of nitrogens with one attached hydrogen (secondary N) is 1. The maximum Gasteiger partial charge on any atom is 0.235 e. The number of rotatable bonds is 5. The lowest BCUT2D eigenvalue weighted by Gasteiger charge is -2.19. The van der Waals surface area contributed by atoms with Crippen molar-refractivity contribution < 1.29 is 14.3 Å². The van der Waals surface area contributed by atoms with Gasteiger partial charge in [0, 0.05) is 11.1 Å². The van der Waals surface area contributed by atoms with Gasteiger partial charge in [0.2, 0.25) is 5.91 Å². The average molecular weight is 424 g/mol. The van der Waals surface area contributed by atoms with Crippen LogP contribution in [-0.2, 0) is 11.2 Å². The predicted octanol–water partition coefficient (Wildman–Crippen LogP) is 4.54. The molecule has 0 bridgehead atoms. The number of methoxy groups -OCH3 is 2. The lowest BCUT2D eigenvalue weighted by atomic mass is 10.0. The van der Waals surface area contributed by atoms with Gasteiger partial charge in [0.25, 0.3) is 0 Å². The number of aromatic nitrogens is 2. The number of fused-ring (bicyclic) bond motifs is 1. The molecule has 0 fully saturated rings. The molecule has 0 saturated carbocycles. The van der Waals surface area contributed by atoms with Crippen molar-refractivity contribution in [3.05, 3.63) is 64.8 Å². The van der Waals surface area contributed by atoms with Crippen LogP contribution in [0.3, 0.4) is 0 Å². The minimum absolute atomic E-state index is 0.0445. The van der Waals surface area contributed by atoms with Crippen LogP contribution in [0.2, 0.25) is 0 Å². The lowest BCUT2D eigenvalue weighted by molar-refractivity contribution is -0.113. The molecule has 7 heteroatoms. The Labute approximate surface area is 180 Å². The standard InChI is InChI=1S/C23H25N3O3S/c1-5-15-6-8-16(9-7-15)26-23-21(14(2)25-26)22(30-13-20(27)24-23)18-12-17(28-3)10-11-19(18)29-4/h6-12,22H,5,13H2,1-4H3,(H,24,27)/t22-/m1/s1. The number of hydrogen-bond donors (Lipinski definition) is 1. The fraction of sp³-hybridized carbons (Fsp3) is 0.304. The van der Waals surface area contributed by atoms with Crippen molar-refractivity contribution in [3.63, 3.8) is 0 Å². The van der Waals surface area contributed by atoms with Gasteiger partial charge in [0.1, 0.15) is 17.3 Å². The maximum atomic E-state index is 12.6. The van der Waals surface area contributed by atoms with E-state index in [1.54, 1.807) is 26.0 Å². The van der Waals surface area contributed by atoms with E-state index in [4.69, 9.17) is 14.6 Å². The van der Waals surface area contributed by atoms with Crippen LogP contribution in [0.5, 0.6) is 11.5 Å². The van der Waals surface area contributed by atoms with Crippen LogP contribution >= 0.6 is 11.8 Å². The molecular formula is C23H25N3O3S. The molecule has 3 aromatic rings. The van der Waals surface area contributed by atoms with Gasteiger partial charge in [-0.15, -0.1) is 11.8 Å². The molecule has 0 aliphatic carbocycles. The lowest BCUT2D eigenvalue weighted by Crippen LogP contribution is -2.15. The van der Waals surface area contributed by atoms with E-state index in [0.29, 0.717) is 11.6 Å². The molecule has 0 radical (unpaired) electrons. The molecule has 0 unspecified atom stereocenters. The Morgan fingerprint density at radius 1 is 1.17 bits per heavy atom. The molecule has 1 aliphatic rings. The van der Waals surface area contributed by atoms with E-state index in [-0.39, 0.29) is 11.2 Å². The summed E-state index contributed by atoms with van der Waals surface area (Å²) in [7, 11) is 3.30. The van der Waals surface area contributed by atoms with Crippen LogP contribution in [0.25, 0.3) is 5.69 Å². The quantitative estimate of drug-likeness (QED) is 0.653. The van der Waals surface area contributed by atoms with Gasteiger partial charge in [-0.1, -0.05) is 19.1 Å². The van der Waals surface area contributed by atoms with Crippen molar-refractivity contribution >= 4 is 23.5 Å². The summed E-state index contributed by atoms with van der Waals surface area (Å²) in [5.41, 5.74) is 4.99. The third-order valence-corrected chi connectivity index (χ3v) is 6.57. The second kappa shape index (κ2) is 8.44. The molecule has 156 valence electrons. The Bertz CT molecular complexity index is 1080. The van der Waals surface area contributed by atoms with Crippen LogP contribution in [-0.4, -0.2) is 35.7 Å². The van der Waals surface area contributed by atoms with Gasteiger partial charge in [0.15, 0.2) is 0 Å². The number of aryl methyl sites for hydroxylation is 2. The summed E-state index contributed by atoms with van der Waals surface area (Å²) < 4.78 is 12.9. The first-order valence-corrected chi connectivity index (χ1v) is 10.9. The monoisotopic (exact) mass is 423 g/mol. The summed E-state index contributed by atoms with van der Waals surface area (Å²) in [6.45, 7) is 4.11. The molecule has 1 aromatic heterocycles. The van der Waals surface area contributed by atoms with Crippen LogP contribution in [0, 0.1) is 6.92 Å². The van der Waals surface area contributed by atoms with Crippen LogP contribution in [0.1, 0.15) is 34.6 Å². The van der Waals surface area contributed by atoms with Gasteiger partial charge >= 0.3 is 0 Å². The summed E-state index contributed by atoms with van der Waals surface area (Å²) in [6, 6.07) is 14.0. The number of amides is 1. The van der Waals surface area contributed by atoms with Gasteiger partial charge in [-0.3, -0.25) is 4.79 Å². The highest BCUT2D eigenvalue weighted by Crippen LogP contribution is 2.47. The van der Waals surface area contributed by atoms with E-state index in [1.807, 2.05) is 41.9 Å². The number of thioether (sulfide) groups is 1. The maximum absolute atomic E-state index is 12.6. The molecule has 0 spiro atoms. The molecule has 1 aliphatic heterocycles. The first-order valence-electron chi connectivity index (χ1n) is 9.88. The molecule has 0 saturated heterocycles. The van der Waals surface area contributed by atoms with Crippen molar-refractivity contribution in [1.82, 2.24) is 9.78 Å². The van der Waals surface area contributed by atoms with Crippen LogP contribution < -0.4 is 14.8 Å². The van der Waals surface area contributed by atoms with Gasteiger partial charge < -0.3 is 14.8 Å². The van der Waals surface area contributed by atoms with Crippen LogP contribution in [0.15, 0.2) is 42.5 Å². The zero-order chi connectivity index (χ0) is 21.3. The van der Waals surface area contributed by atoms with E-state index in [1.165, 1.54) is 5.56 Å². The zero-order valence-corrected chi connectivity index (χ0v) is 18.4. The highest BCUT2D eigenvalue weighted by molar-refractivity contribution is 8.00. The SMILES string of the molecule is CCc1ccc(-n2nc(C)c3c2NC(=O)CS[C@@H]3c2cc(OC)ccc2OC)cc1. The molecule has 1 atom stereocenters. The van der Waals surface area contributed by atoms with Gasteiger partial charge in [-0.05, 0) is 49.2 Å². The fourth-order valence-electron chi connectivity index (χ4n) is 3.73. The first kappa shape index (κ1) is 20.3. The predicted molar refractivity (Wildman–Crippen MR) is 120 cm³/mol. The summed E-state index contributed by atoms with van der Waals surface area (Å²) >= 11 is 1.56. The molecule has 2 aromatic carbocycles. The largest absolute Gasteiger partial charge is 0.497 e. The Morgan fingerprint density at radius 3 is 2.60 bits per heavy atom. The number of anilines is 1. The highest BCUT2D eigenvalue weighted by Gasteiger charge is 2.32. The highest BCUT2D eigenvalue weighted by atomic mass is 32.2. The third-order valence-electron chi connectivity index (χ3n) is 5.32. The second-order valence-electron chi connectivity index (χ2n) is 7.13. The normalized spacial score (nSPS) is 15.9. The topological polar surface area (TPSA) is 65.4 Å². The van der Waals surface area contributed by atoms with E-state index < -0.39 is 0 Å². The van der Waals surface area contributed by atoms with Crippen molar-refractivity contribution in [2.45, 2.75) is 25.5 Å². The van der Waals surface area contributed by atoms with E-state index in [2.05, 4.69) is 24.4 Å². The minimum Gasteiger partial charge on any atom is -0.497 e. The van der Waals surface area contributed by atoms with Gasteiger partial charge in [-0.25, -0.2) is 4.68 Å². The second-order valence-corrected chi connectivity index (χ2v) is 8.22. The molecule has 2 heterocycles. The van der Waals surface area contributed by atoms with Crippen molar-refractivity contribution in [3.8, 4) is 17.2 Å². The number of hydrogen-bond acceptors (Lipinski definition) is 5. The number of ether oxygens (including phenoxy) is 2. The molecule has 1 amide bonds. The molecule has 6 nitrogen and oxygen atoms in total. The zero-order valence-electron chi connectivity index (χ0n) is 17.6. The Kier molecular flexibility index (Phi) is 5.72. The number of benzene rings is 2. The number of nitrogens with zero attached hydrogens (tertiary/aromatic N) is 2. The van der Waals surface area contributed by atoms with Crippen LogP contribution in [0.4, 0.5) is 5.82 Å². The number of carbonyl (C=O) groups excluding carboxylic acids is 1.